The Balaban J connectivity index is 1.51. The third-order valence-corrected chi connectivity index (χ3v) is 5.73. The van der Waals surface area contributed by atoms with Gasteiger partial charge < -0.3 is 10.2 Å². The van der Waals surface area contributed by atoms with E-state index in [2.05, 4.69) is 20.4 Å². The van der Waals surface area contributed by atoms with Crippen LogP contribution in [0.15, 0.2) is 53.7 Å². The van der Waals surface area contributed by atoms with Crippen molar-refractivity contribution < 1.29 is 13.6 Å². The van der Waals surface area contributed by atoms with Crippen LogP contribution in [0.25, 0.3) is 5.69 Å². The van der Waals surface area contributed by atoms with Crippen LogP contribution in [0.3, 0.4) is 0 Å². The number of hydrogen-bond donors (Lipinski definition) is 1. The zero-order valence-corrected chi connectivity index (χ0v) is 17.0. The number of nitrogens with one attached hydrogen (secondary N) is 1. The van der Waals surface area contributed by atoms with Gasteiger partial charge in [-0.05, 0) is 43.5 Å². The predicted octanol–water partition coefficient (Wildman–Crippen LogP) is 4.27. The molecule has 0 spiro atoms. The molecule has 0 saturated carbocycles. The highest BCUT2D eigenvalue weighted by atomic mass is 32.2. The lowest BCUT2D eigenvalue weighted by Gasteiger charge is -2.27. The van der Waals surface area contributed by atoms with E-state index in [4.69, 9.17) is 0 Å². The zero-order chi connectivity index (χ0) is 20.9. The maximum absolute atomic E-state index is 13.3. The summed E-state index contributed by atoms with van der Waals surface area (Å²) in [5.41, 5.74) is 1.13. The van der Waals surface area contributed by atoms with Crippen LogP contribution < -0.4 is 10.2 Å². The summed E-state index contributed by atoms with van der Waals surface area (Å²) in [4.78, 5) is 14.5. The van der Waals surface area contributed by atoms with Crippen LogP contribution in [-0.4, -0.2) is 39.5 Å². The molecule has 4 rings (SSSR count). The Morgan fingerprint density at radius 3 is 2.50 bits per heavy atom. The second-order valence-corrected chi connectivity index (χ2v) is 7.91. The van der Waals surface area contributed by atoms with E-state index in [0.29, 0.717) is 5.16 Å². The Labute approximate surface area is 177 Å². The van der Waals surface area contributed by atoms with Gasteiger partial charge in [-0.15, -0.1) is 10.2 Å². The average Bonchev–Trinajstić information content (AvgIpc) is 3.20. The second kappa shape index (κ2) is 9.25. The number of hydrogen-bond acceptors (Lipinski definition) is 5. The summed E-state index contributed by atoms with van der Waals surface area (Å²) in [5, 5.41) is 11.9. The number of anilines is 2. The van der Waals surface area contributed by atoms with E-state index in [0.717, 1.165) is 49.7 Å². The molecule has 1 aliphatic heterocycles. The number of para-hydroxylation sites is 1. The first-order valence-corrected chi connectivity index (χ1v) is 10.7. The van der Waals surface area contributed by atoms with Crippen molar-refractivity contribution in [3.8, 4) is 5.69 Å². The molecule has 9 heteroatoms. The summed E-state index contributed by atoms with van der Waals surface area (Å²) < 4.78 is 28.4. The molecule has 1 fully saturated rings. The quantitative estimate of drug-likeness (QED) is 0.593. The van der Waals surface area contributed by atoms with Crippen LogP contribution >= 0.6 is 11.8 Å². The molecule has 1 amide bonds. The van der Waals surface area contributed by atoms with E-state index in [9.17, 15) is 13.6 Å². The fourth-order valence-corrected chi connectivity index (χ4v) is 4.11. The van der Waals surface area contributed by atoms with Crippen molar-refractivity contribution in [2.75, 3.05) is 29.1 Å². The Hall–Kier alpha value is -2.94. The minimum atomic E-state index is -1.00. The first-order chi connectivity index (χ1) is 14.6. The molecule has 0 bridgehead atoms. The summed E-state index contributed by atoms with van der Waals surface area (Å²) in [7, 11) is 0. The lowest BCUT2D eigenvalue weighted by atomic mass is 10.1. The topological polar surface area (TPSA) is 63.1 Å². The van der Waals surface area contributed by atoms with Crippen molar-refractivity contribution in [2.45, 2.75) is 24.4 Å². The van der Waals surface area contributed by atoms with Gasteiger partial charge in [0.25, 0.3) is 0 Å². The van der Waals surface area contributed by atoms with E-state index in [1.165, 1.54) is 24.2 Å². The minimum Gasteiger partial charge on any atom is -0.341 e. The highest BCUT2D eigenvalue weighted by molar-refractivity contribution is 7.99. The van der Waals surface area contributed by atoms with E-state index >= 15 is 0 Å². The van der Waals surface area contributed by atoms with Gasteiger partial charge in [-0.2, -0.15) is 0 Å². The molecule has 2 aromatic carbocycles. The number of piperidine rings is 1. The number of benzene rings is 2. The predicted molar refractivity (Wildman–Crippen MR) is 113 cm³/mol. The maximum Gasteiger partial charge on any atom is 0.234 e. The fraction of sp³-hybridized carbons (Fsp3) is 0.286. The molecular formula is C21H21F2N5OS. The van der Waals surface area contributed by atoms with Gasteiger partial charge >= 0.3 is 0 Å². The molecule has 1 N–H and O–H groups in total. The molecule has 0 aliphatic carbocycles. The third kappa shape index (κ3) is 4.62. The minimum absolute atomic E-state index is 0.0595. The molecule has 156 valence electrons. The molecule has 2 heterocycles. The summed E-state index contributed by atoms with van der Waals surface area (Å²) in [5.74, 6) is -1.47. The maximum atomic E-state index is 13.3. The molecule has 30 heavy (non-hydrogen) atoms. The largest absolute Gasteiger partial charge is 0.341 e. The molecule has 0 unspecified atom stereocenters. The van der Waals surface area contributed by atoms with Crippen LogP contribution in [0, 0.1) is 11.6 Å². The van der Waals surface area contributed by atoms with Crippen LogP contribution in [0.5, 0.6) is 0 Å². The normalized spacial score (nSPS) is 14.0. The van der Waals surface area contributed by atoms with Gasteiger partial charge in [0.05, 0.1) is 11.4 Å². The second-order valence-electron chi connectivity index (χ2n) is 6.97. The van der Waals surface area contributed by atoms with Gasteiger partial charge in [-0.3, -0.25) is 9.36 Å². The van der Waals surface area contributed by atoms with Crippen LogP contribution in [0.1, 0.15) is 19.3 Å². The number of carbonyl (C=O) groups excluding carboxylic acids is 1. The van der Waals surface area contributed by atoms with E-state index in [-0.39, 0.29) is 17.3 Å². The number of thioether (sulfide) groups is 1. The number of amides is 1. The van der Waals surface area contributed by atoms with Crippen molar-refractivity contribution in [1.82, 2.24) is 14.8 Å². The van der Waals surface area contributed by atoms with Gasteiger partial charge in [0, 0.05) is 24.8 Å². The van der Waals surface area contributed by atoms with Crippen molar-refractivity contribution in [1.29, 1.82) is 0 Å². The van der Waals surface area contributed by atoms with E-state index in [1.54, 1.807) is 0 Å². The Morgan fingerprint density at radius 2 is 1.77 bits per heavy atom. The monoisotopic (exact) mass is 429 g/mol. The molecule has 0 atom stereocenters. The summed E-state index contributed by atoms with van der Waals surface area (Å²) in [6.07, 6.45) is 3.43. The van der Waals surface area contributed by atoms with Crippen molar-refractivity contribution in [2.24, 2.45) is 0 Å². The van der Waals surface area contributed by atoms with Gasteiger partial charge in [0.2, 0.25) is 11.9 Å². The molecule has 1 aliphatic rings. The Morgan fingerprint density at radius 1 is 1.00 bits per heavy atom. The lowest BCUT2D eigenvalue weighted by Crippen LogP contribution is -2.31. The smallest absolute Gasteiger partial charge is 0.234 e. The van der Waals surface area contributed by atoms with Gasteiger partial charge in [-0.1, -0.05) is 30.0 Å². The molecular weight excluding hydrogens is 408 g/mol. The third-order valence-electron chi connectivity index (χ3n) is 4.81. The van der Waals surface area contributed by atoms with Gasteiger partial charge in [0.1, 0.15) is 0 Å². The number of nitrogens with zero attached hydrogens (tertiary/aromatic N) is 4. The Kier molecular flexibility index (Phi) is 6.27. The van der Waals surface area contributed by atoms with Crippen LogP contribution in [-0.2, 0) is 4.79 Å². The fourth-order valence-electron chi connectivity index (χ4n) is 3.36. The van der Waals surface area contributed by atoms with Crippen LogP contribution in [0.4, 0.5) is 20.4 Å². The summed E-state index contributed by atoms with van der Waals surface area (Å²) in [6, 6.07) is 13.0. The highest BCUT2D eigenvalue weighted by Crippen LogP contribution is 2.28. The number of aromatic nitrogens is 3. The standard InChI is InChI=1S/C21H21F2N5OS/c22-17-10-9-15(13-18(17)23)24-19(29)14-30-21-26-25-20(27-11-5-2-6-12-27)28(21)16-7-3-1-4-8-16/h1,3-4,7-10,13H,2,5-6,11-12,14H2,(H,24,29). The lowest BCUT2D eigenvalue weighted by molar-refractivity contribution is -0.113. The van der Waals surface area contributed by atoms with Gasteiger partial charge in [-0.25, -0.2) is 8.78 Å². The number of carbonyl (C=O) groups is 1. The molecule has 1 aromatic heterocycles. The van der Waals surface area contributed by atoms with Crippen molar-refractivity contribution >= 4 is 29.3 Å². The van der Waals surface area contributed by atoms with Crippen molar-refractivity contribution in [3.63, 3.8) is 0 Å². The first-order valence-electron chi connectivity index (χ1n) is 9.75. The number of halogens is 2. The first kappa shape index (κ1) is 20.3. The Bertz CT molecular complexity index is 1020. The SMILES string of the molecule is O=C(CSc1nnc(N2CCCCC2)n1-c1ccccc1)Nc1ccc(F)c(F)c1. The molecule has 6 nitrogen and oxygen atoms in total. The zero-order valence-electron chi connectivity index (χ0n) is 16.2. The van der Waals surface area contributed by atoms with E-state index in [1.807, 2.05) is 34.9 Å². The van der Waals surface area contributed by atoms with E-state index < -0.39 is 11.6 Å². The molecule has 0 radical (unpaired) electrons. The summed E-state index contributed by atoms with van der Waals surface area (Å²) >= 11 is 1.24. The highest BCUT2D eigenvalue weighted by Gasteiger charge is 2.22. The molecule has 3 aromatic rings. The van der Waals surface area contributed by atoms with Gasteiger partial charge in [0.15, 0.2) is 16.8 Å². The van der Waals surface area contributed by atoms with Crippen molar-refractivity contribution in [3.05, 3.63) is 60.2 Å². The van der Waals surface area contributed by atoms with Crippen LogP contribution in [0.2, 0.25) is 0 Å². The number of rotatable bonds is 6. The average molecular weight is 429 g/mol. The molecule has 1 saturated heterocycles. The summed E-state index contributed by atoms with van der Waals surface area (Å²) in [6.45, 7) is 1.85.